The number of amides is 1. The van der Waals surface area contributed by atoms with E-state index in [4.69, 9.17) is 0 Å². The number of anilines is 1. The second-order valence-corrected chi connectivity index (χ2v) is 7.11. The first-order valence-corrected chi connectivity index (χ1v) is 8.01. The highest BCUT2D eigenvalue weighted by molar-refractivity contribution is 6.06. The van der Waals surface area contributed by atoms with Crippen LogP contribution in [-0.2, 0) is 6.42 Å². The Balaban J connectivity index is 1.93. The molecule has 1 aromatic carbocycles. The quantitative estimate of drug-likeness (QED) is 0.647. The molecule has 1 aliphatic rings. The number of aromatic nitrogens is 1. The van der Waals surface area contributed by atoms with Crippen LogP contribution in [0.4, 0.5) is 11.4 Å². The van der Waals surface area contributed by atoms with Crippen molar-refractivity contribution < 1.29 is 14.5 Å². The molecule has 0 saturated carbocycles. The third-order valence-corrected chi connectivity index (χ3v) is 4.28. The molecule has 134 valence electrons. The Labute approximate surface area is 148 Å². The van der Waals surface area contributed by atoms with Crippen molar-refractivity contribution >= 4 is 23.1 Å². The zero-order chi connectivity index (χ0) is 19.1. The third kappa shape index (κ3) is 3.39. The number of non-ortho nitro benzene ring substituents is 1. The van der Waals surface area contributed by atoms with Gasteiger partial charge in [0.25, 0.3) is 17.2 Å². The Morgan fingerprint density at radius 1 is 1.23 bits per heavy atom. The van der Waals surface area contributed by atoms with Crippen molar-refractivity contribution in [3.63, 3.8) is 0 Å². The number of nitro groups is 1. The van der Waals surface area contributed by atoms with Crippen molar-refractivity contribution in [1.29, 1.82) is 0 Å². The molecule has 1 aliphatic carbocycles. The number of fused-ring (bicyclic) bond motifs is 1. The standard InChI is InChI=1S/C18H17N3O5/c1-18(2)8-14-12(15(22)9-18)7-13(17(24)20-14)16(23)19-10-4-3-5-11(6-10)21(25)26/h3-7H,8-9H2,1-2H3,(H,19,23)(H,20,24). The predicted molar refractivity (Wildman–Crippen MR) is 94.5 cm³/mol. The van der Waals surface area contributed by atoms with Gasteiger partial charge in [-0.15, -0.1) is 0 Å². The molecule has 0 aliphatic heterocycles. The van der Waals surface area contributed by atoms with Gasteiger partial charge in [0.2, 0.25) is 0 Å². The molecule has 0 fully saturated rings. The van der Waals surface area contributed by atoms with E-state index in [-0.39, 0.29) is 28.1 Å². The molecule has 0 saturated heterocycles. The number of ketones is 1. The van der Waals surface area contributed by atoms with Gasteiger partial charge in [-0.1, -0.05) is 19.9 Å². The Morgan fingerprint density at radius 3 is 2.65 bits per heavy atom. The molecule has 2 N–H and O–H groups in total. The van der Waals surface area contributed by atoms with E-state index in [9.17, 15) is 24.5 Å². The summed E-state index contributed by atoms with van der Waals surface area (Å²) in [5.74, 6) is -0.857. The maximum atomic E-state index is 12.4. The monoisotopic (exact) mass is 355 g/mol. The predicted octanol–water partition coefficient (Wildman–Crippen LogP) is 2.69. The maximum Gasteiger partial charge on any atom is 0.271 e. The lowest BCUT2D eigenvalue weighted by atomic mass is 9.75. The van der Waals surface area contributed by atoms with Crippen molar-refractivity contribution in [2.24, 2.45) is 5.41 Å². The molecule has 1 amide bonds. The number of carbonyl (C=O) groups is 2. The lowest BCUT2D eigenvalue weighted by molar-refractivity contribution is -0.384. The van der Waals surface area contributed by atoms with Crippen LogP contribution >= 0.6 is 0 Å². The molecule has 0 radical (unpaired) electrons. The summed E-state index contributed by atoms with van der Waals surface area (Å²) in [5, 5.41) is 13.3. The maximum absolute atomic E-state index is 12.4. The van der Waals surface area contributed by atoms with E-state index in [2.05, 4.69) is 10.3 Å². The highest BCUT2D eigenvalue weighted by Crippen LogP contribution is 2.33. The van der Waals surface area contributed by atoms with Crippen LogP contribution in [0.5, 0.6) is 0 Å². The molecule has 2 aromatic rings. The summed E-state index contributed by atoms with van der Waals surface area (Å²) in [4.78, 5) is 49.9. The number of pyridine rings is 1. The van der Waals surface area contributed by atoms with Crippen LogP contribution < -0.4 is 10.9 Å². The van der Waals surface area contributed by atoms with Crippen LogP contribution in [0.1, 0.15) is 46.7 Å². The normalized spacial score (nSPS) is 15.2. The number of nitrogens with one attached hydrogen (secondary N) is 2. The fraction of sp³-hybridized carbons (Fsp3) is 0.278. The molecular weight excluding hydrogens is 338 g/mol. The molecule has 8 nitrogen and oxygen atoms in total. The second kappa shape index (κ2) is 6.21. The first-order valence-electron chi connectivity index (χ1n) is 8.01. The first kappa shape index (κ1) is 17.5. The molecule has 3 rings (SSSR count). The third-order valence-electron chi connectivity index (χ3n) is 4.28. The zero-order valence-corrected chi connectivity index (χ0v) is 14.3. The van der Waals surface area contributed by atoms with Crippen LogP contribution in [0.15, 0.2) is 35.1 Å². The number of aromatic amines is 1. The Kier molecular flexibility index (Phi) is 4.19. The van der Waals surface area contributed by atoms with Gasteiger partial charge in [-0.05, 0) is 24.0 Å². The van der Waals surface area contributed by atoms with Crippen molar-refractivity contribution in [3.05, 3.63) is 67.6 Å². The minimum Gasteiger partial charge on any atom is -0.325 e. The van der Waals surface area contributed by atoms with Crippen LogP contribution in [-0.4, -0.2) is 21.6 Å². The number of carbonyl (C=O) groups excluding carboxylic acids is 2. The molecule has 26 heavy (non-hydrogen) atoms. The van der Waals surface area contributed by atoms with Crippen molar-refractivity contribution in [1.82, 2.24) is 4.98 Å². The summed E-state index contributed by atoms with van der Waals surface area (Å²) >= 11 is 0. The minimum atomic E-state index is -0.729. The summed E-state index contributed by atoms with van der Waals surface area (Å²) in [6.45, 7) is 3.88. The van der Waals surface area contributed by atoms with E-state index in [1.54, 1.807) is 0 Å². The van der Waals surface area contributed by atoms with E-state index in [1.807, 2.05) is 13.8 Å². The van der Waals surface area contributed by atoms with Crippen LogP contribution in [0.3, 0.4) is 0 Å². The lowest BCUT2D eigenvalue weighted by Gasteiger charge is -2.29. The van der Waals surface area contributed by atoms with Gasteiger partial charge in [0.05, 0.1) is 4.92 Å². The van der Waals surface area contributed by atoms with E-state index in [0.29, 0.717) is 24.1 Å². The van der Waals surface area contributed by atoms with Gasteiger partial charge in [-0.3, -0.25) is 24.5 Å². The summed E-state index contributed by atoms with van der Waals surface area (Å²) < 4.78 is 0. The van der Waals surface area contributed by atoms with Gasteiger partial charge in [-0.2, -0.15) is 0 Å². The Bertz CT molecular complexity index is 991. The number of Topliss-reactive ketones (excluding diaryl/α,β-unsaturated/α-hetero) is 1. The summed E-state index contributed by atoms with van der Waals surface area (Å²) in [7, 11) is 0. The molecule has 0 atom stereocenters. The van der Waals surface area contributed by atoms with Crippen LogP contribution in [0.25, 0.3) is 0 Å². The van der Waals surface area contributed by atoms with Crippen LogP contribution in [0, 0.1) is 15.5 Å². The van der Waals surface area contributed by atoms with Gasteiger partial charge in [0.1, 0.15) is 5.56 Å². The second-order valence-electron chi connectivity index (χ2n) is 7.11. The van der Waals surface area contributed by atoms with Gasteiger partial charge >= 0.3 is 0 Å². The minimum absolute atomic E-state index is 0.128. The largest absolute Gasteiger partial charge is 0.325 e. The van der Waals surface area contributed by atoms with Gasteiger partial charge < -0.3 is 10.3 Å². The van der Waals surface area contributed by atoms with Crippen LogP contribution in [0.2, 0.25) is 0 Å². The zero-order valence-electron chi connectivity index (χ0n) is 14.3. The Hall–Kier alpha value is -3.29. The van der Waals surface area contributed by atoms with E-state index < -0.39 is 16.4 Å². The molecule has 1 aromatic heterocycles. The molecule has 0 bridgehead atoms. The van der Waals surface area contributed by atoms with Gasteiger partial charge in [0, 0.05) is 35.5 Å². The molecule has 8 heteroatoms. The number of hydrogen-bond donors (Lipinski definition) is 2. The average molecular weight is 355 g/mol. The van der Waals surface area contributed by atoms with E-state index in [0.717, 1.165) is 0 Å². The molecule has 0 spiro atoms. The van der Waals surface area contributed by atoms with E-state index in [1.165, 1.54) is 30.3 Å². The number of nitro benzene ring substituents is 1. The van der Waals surface area contributed by atoms with Gasteiger partial charge in [-0.25, -0.2) is 0 Å². The van der Waals surface area contributed by atoms with Crippen molar-refractivity contribution in [2.75, 3.05) is 5.32 Å². The smallest absolute Gasteiger partial charge is 0.271 e. The number of rotatable bonds is 3. The summed E-state index contributed by atoms with van der Waals surface area (Å²) in [6, 6.07) is 6.69. The number of H-pyrrole nitrogens is 1. The molecular formula is C18H17N3O5. The Morgan fingerprint density at radius 2 is 1.96 bits per heavy atom. The highest BCUT2D eigenvalue weighted by Gasteiger charge is 2.32. The number of hydrogen-bond acceptors (Lipinski definition) is 5. The van der Waals surface area contributed by atoms with Crippen molar-refractivity contribution in [2.45, 2.75) is 26.7 Å². The lowest BCUT2D eigenvalue weighted by Crippen LogP contribution is -2.32. The topological polar surface area (TPSA) is 122 Å². The number of nitrogens with zero attached hydrogens (tertiary/aromatic N) is 1. The van der Waals surface area contributed by atoms with Crippen molar-refractivity contribution in [3.8, 4) is 0 Å². The SMILES string of the molecule is CC1(C)CC(=O)c2cc(C(=O)Nc3cccc([N+](=O)[O-])c3)c(=O)[nH]c2C1. The highest BCUT2D eigenvalue weighted by atomic mass is 16.6. The summed E-state index contributed by atoms with van der Waals surface area (Å²) in [5.41, 5.74) is -0.176. The summed E-state index contributed by atoms with van der Waals surface area (Å²) in [6.07, 6.45) is 0.869. The average Bonchev–Trinajstić information content (AvgIpc) is 2.53. The van der Waals surface area contributed by atoms with Gasteiger partial charge in [0.15, 0.2) is 5.78 Å². The molecule has 1 heterocycles. The van der Waals surface area contributed by atoms with E-state index >= 15 is 0 Å². The first-order chi connectivity index (χ1) is 12.2. The molecule has 0 unspecified atom stereocenters. The number of benzene rings is 1. The fourth-order valence-electron chi connectivity index (χ4n) is 3.09. The fourth-order valence-corrected chi connectivity index (χ4v) is 3.09.